The smallest absolute Gasteiger partial charge is 0.251 e. The fourth-order valence-corrected chi connectivity index (χ4v) is 3.99. The highest BCUT2D eigenvalue weighted by molar-refractivity contribution is 6.22. The third kappa shape index (κ3) is 3.78. The number of hydrogen-bond donors (Lipinski definition) is 0. The van der Waals surface area contributed by atoms with Crippen LogP contribution in [0.3, 0.4) is 0 Å². The molecule has 7 heteroatoms. The van der Waals surface area contributed by atoms with Gasteiger partial charge in [-0.3, -0.25) is 14.5 Å². The maximum atomic E-state index is 13.0. The Kier molecular flexibility index (Phi) is 5.40. The summed E-state index contributed by atoms with van der Waals surface area (Å²) in [5.41, 5.74) is 1.74. The van der Waals surface area contributed by atoms with Crippen LogP contribution in [0.1, 0.15) is 6.42 Å². The van der Waals surface area contributed by atoms with Gasteiger partial charge in [0.1, 0.15) is 11.5 Å². The first-order chi connectivity index (χ1) is 14.1. The number of carbonyl (C=O) groups is 2. The van der Waals surface area contributed by atoms with Crippen molar-refractivity contribution in [3.8, 4) is 11.5 Å². The summed E-state index contributed by atoms with van der Waals surface area (Å²) < 4.78 is 10.4. The summed E-state index contributed by atoms with van der Waals surface area (Å²) in [6.45, 7) is 3.11. The molecule has 0 spiro atoms. The summed E-state index contributed by atoms with van der Waals surface area (Å²) in [6.07, 6.45) is 0.230. The van der Waals surface area contributed by atoms with Crippen LogP contribution in [-0.4, -0.2) is 63.2 Å². The van der Waals surface area contributed by atoms with Crippen LogP contribution < -0.4 is 19.3 Å². The number of carbonyl (C=O) groups excluding carboxylic acids is 2. The molecule has 0 bridgehead atoms. The van der Waals surface area contributed by atoms with Crippen LogP contribution in [0, 0.1) is 0 Å². The Hall–Kier alpha value is -3.06. The van der Waals surface area contributed by atoms with Crippen molar-refractivity contribution in [3.05, 3.63) is 48.5 Å². The topological polar surface area (TPSA) is 62.3 Å². The highest BCUT2D eigenvalue weighted by atomic mass is 16.5. The Morgan fingerprint density at radius 1 is 0.759 bits per heavy atom. The predicted molar refractivity (Wildman–Crippen MR) is 111 cm³/mol. The fourth-order valence-electron chi connectivity index (χ4n) is 3.99. The molecular weight excluding hydrogens is 370 g/mol. The second kappa shape index (κ2) is 8.13. The minimum absolute atomic E-state index is 0.141. The van der Waals surface area contributed by atoms with E-state index in [1.165, 1.54) is 4.90 Å². The fraction of sp³-hybridized carbons (Fsp3) is 0.364. The number of anilines is 2. The lowest BCUT2D eigenvalue weighted by Crippen LogP contribution is -2.52. The highest BCUT2D eigenvalue weighted by Crippen LogP contribution is 2.28. The summed E-state index contributed by atoms with van der Waals surface area (Å²) in [5.74, 6) is 1.24. The van der Waals surface area contributed by atoms with E-state index in [1.807, 2.05) is 24.3 Å². The molecule has 2 aromatic rings. The van der Waals surface area contributed by atoms with Crippen molar-refractivity contribution in [3.63, 3.8) is 0 Å². The third-order valence-electron chi connectivity index (χ3n) is 5.65. The molecule has 0 aliphatic carbocycles. The van der Waals surface area contributed by atoms with Crippen molar-refractivity contribution < 1.29 is 19.1 Å². The van der Waals surface area contributed by atoms with Gasteiger partial charge >= 0.3 is 0 Å². The van der Waals surface area contributed by atoms with Gasteiger partial charge in [0.05, 0.1) is 32.4 Å². The van der Waals surface area contributed by atoms with Crippen LogP contribution in [-0.2, 0) is 9.59 Å². The number of benzene rings is 2. The summed E-state index contributed by atoms with van der Waals surface area (Å²) in [6, 6.07) is 14.6. The molecule has 0 N–H and O–H groups in total. The summed E-state index contributed by atoms with van der Waals surface area (Å²) in [4.78, 5) is 31.3. The Labute approximate surface area is 170 Å². The zero-order chi connectivity index (χ0) is 20.4. The first kappa shape index (κ1) is 19.3. The van der Waals surface area contributed by atoms with Crippen molar-refractivity contribution in [1.29, 1.82) is 0 Å². The molecule has 2 heterocycles. The van der Waals surface area contributed by atoms with Crippen LogP contribution in [0.5, 0.6) is 11.5 Å². The molecule has 2 saturated heterocycles. The Bertz CT molecular complexity index is 874. The van der Waals surface area contributed by atoms with Crippen LogP contribution in [0.15, 0.2) is 48.5 Å². The Morgan fingerprint density at radius 2 is 1.28 bits per heavy atom. The van der Waals surface area contributed by atoms with Crippen molar-refractivity contribution in [1.82, 2.24) is 4.90 Å². The van der Waals surface area contributed by atoms with Gasteiger partial charge in [0.2, 0.25) is 5.91 Å². The predicted octanol–water partition coefficient (Wildman–Crippen LogP) is 2.16. The number of ether oxygens (including phenoxy) is 2. The van der Waals surface area contributed by atoms with Gasteiger partial charge in [-0.25, -0.2) is 4.90 Å². The van der Waals surface area contributed by atoms with Gasteiger partial charge in [-0.05, 0) is 48.5 Å². The normalized spacial score (nSPS) is 20.3. The van der Waals surface area contributed by atoms with Gasteiger partial charge in [-0.15, -0.1) is 0 Å². The molecule has 0 radical (unpaired) electrons. The Balaban J connectivity index is 1.40. The van der Waals surface area contributed by atoms with Gasteiger partial charge in [-0.1, -0.05) is 0 Å². The maximum Gasteiger partial charge on any atom is 0.251 e. The van der Waals surface area contributed by atoms with Crippen LogP contribution in [0.2, 0.25) is 0 Å². The van der Waals surface area contributed by atoms with Gasteiger partial charge < -0.3 is 14.4 Å². The first-order valence-electron chi connectivity index (χ1n) is 9.74. The molecule has 1 unspecified atom stereocenters. The average molecular weight is 395 g/mol. The van der Waals surface area contributed by atoms with E-state index in [0.717, 1.165) is 37.6 Å². The largest absolute Gasteiger partial charge is 0.497 e. The molecule has 7 nitrogen and oxygen atoms in total. The molecule has 2 amide bonds. The first-order valence-corrected chi connectivity index (χ1v) is 9.74. The van der Waals surface area contributed by atoms with E-state index in [-0.39, 0.29) is 24.3 Å². The molecular formula is C22H25N3O4. The number of hydrogen-bond acceptors (Lipinski definition) is 6. The van der Waals surface area contributed by atoms with Crippen molar-refractivity contribution >= 4 is 23.2 Å². The Morgan fingerprint density at radius 3 is 1.79 bits per heavy atom. The molecule has 4 rings (SSSR count). The molecule has 0 saturated carbocycles. The molecule has 2 fully saturated rings. The highest BCUT2D eigenvalue weighted by Gasteiger charge is 2.43. The van der Waals surface area contributed by atoms with Crippen molar-refractivity contribution in [2.45, 2.75) is 12.5 Å². The van der Waals surface area contributed by atoms with E-state index >= 15 is 0 Å². The van der Waals surface area contributed by atoms with Gasteiger partial charge in [0, 0.05) is 31.9 Å². The van der Waals surface area contributed by atoms with Crippen molar-refractivity contribution in [2.24, 2.45) is 0 Å². The van der Waals surface area contributed by atoms with E-state index in [4.69, 9.17) is 9.47 Å². The van der Waals surface area contributed by atoms with Gasteiger partial charge in [0.15, 0.2) is 0 Å². The number of methoxy groups -OCH3 is 2. The molecule has 0 aromatic heterocycles. The second-order valence-electron chi connectivity index (χ2n) is 7.21. The van der Waals surface area contributed by atoms with E-state index in [9.17, 15) is 9.59 Å². The minimum atomic E-state index is -0.386. The van der Waals surface area contributed by atoms with Crippen LogP contribution in [0.4, 0.5) is 11.4 Å². The van der Waals surface area contributed by atoms with E-state index in [1.54, 1.807) is 38.5 Å². The van der Waals surface area contributed by atoms with Gasteiger partial charge in [-0.2, -0.15) is 0 Å². The average Bonchev–Trinajstić information content (AvgIpc) is 3.08. The standard InChI is InChI=1S/C22H25N3O4/c1-28-18-7-3-16(4-8-18)23-11-13-24(14-12-23)20-15-21(26)25(22(20)27)17-5-9-19(29-2)10-6-17/h3-10,20H,11-15H2,1-2H3. The number of amides is 2. The molecule has 2 aliphatic rings. The monoisotopic (exact) mass is 395 g/mol. The van der Waals surface area contributed by atoms with Crippen LogP contribution in [0.25, 0.3) is 0 Å². The second-order valence-corrected chi connectivity index (χ2v) is 7.21. The molecule has 152 valence electrons. The third-order valence-corrected chi connectivity index (χ3v) is 5.65. The van der Waals surface area contributed by atoms with E-state index < -0.39 is 0 Å². The summed E-state index contributed by atoms with van der Waals surface area (Å²) in [5, 5.41) is 0. The van der Waals surface area contributed by atoms with E-state index in [0.29, 0.717) is 11.4 Å². The minimum Gasteiger partial charge on any atom is -0.497 e. The summed E-state index contributed by atoms with van der Waals surface area (Å²) >= 11 is 0. The lowest BCUT2D eigenvalue weighted by atomic mass is 10.1. The SMILES string of the molecule is COc1ccc(N2CCN(C3CC(=O)N(c4ccc(OC)cc4)C3=O)CC2)cc1. The molecule has 29 heavy (non-hydrogen) atoms. The lowest BCUT2D eigenvalue weighted by molar-refractivity contribution is -0.123. The van der Waals surface area contributed by atoms with Crippen LogP contribution >= 0.6 is 0 Å². The zero-order valence-electron chi connectivity index (χ0n) is 16.7. The number of rotatable bonds is 5. The zero-order valence-corrected chi connectivity index (χ0v) is 16.7. The molecule has 1 atom stereocenters. The number of imide groups is 1. The van der Waals surface area contributed by atoms with Crippen molar-refractivity contribution in [2.75, 3.05) is 50.2 Å². The van der Waals surface area contributed by atoms with Gasteiger partial charge in [0.25, 0.3) is 5.91 Å². The van der Waals surface area contributed by atoms with E-state index in [2.05, 4.69) is 9.80 Å². The molecule has 2 aliphatic heterocycles. The molecule has 2 aromatic carbocycles. The summed E-state index contributed by atoms with van der Waals surface area (Å²) in [7, 11) is 3.24. The lowest BCUT2D eigenvalue weighted by Gasteiger charge is -2.38. The number of piperazine rings is 1. The maximum absolute atomic E-state index is 13.0. The number of nitrogens with zero attached hydrogens (tertiary/aromatic N) is 3. The quantitative estimate of drug-likeness (QED) is 0.723.